The number of thiophene rings is 1. The van der Waals surface area contributed by atoms with Crippen LogP contribution in [0.15, 0.2) is 40.8 Å². The predicted molar refractivity (Wildman–Crippen MR) is 105 cm³/mol. The minimum absolute atomic E-state index is 0.0154. The van der Waals surface area contributed by atoms with Crippen molar-refractivity contribution in [1.82, 2.24) is 29.9 Å². The zero-order chi connectivity index (χ0) is 19.2. The molecule has 1 aliphatic heterocycles. The smallest absolute Gasteiger partial charge is 0.241 e. The fraction of sp³-hybridized carbons (Fsp3) is 0.474. The van der Waals surface area contributed by atoms with Gasteiger partial charge in [0.1, 0.15) is 0 Å². The lowest BCUT2D eigenvalue weighted by Crippen LogP contribution is -2.43. The molecule has 4 heterocycles. The number of piperidine rings is 1. The molecule has 1 saturated heterocycles. The van der Waals surface area contributed by atoms with Gasteiger partial charge in [-0.1, -0.05) is 11.2 Å². The zero-order valence-corrected chi connectivity index (χ0v) is 16.5. The van der Waals surface area contributed by atoms with Crippen LogP contribution in [0.25, 0.3) is 10.7 Å². The molecular formula is C19H24N6O2S. The van der Waals surface area contributed by atoms with Crippen LogP contribution >= 0.6 is 11.3 Å². The van der Waals surface area contributed by atoms with Crippen molar-refractivity contribution in [3.05, 3.63) is 42.1 Å². The van der Waals surface area contributed by atoms with Gasteiger partial charge in [-0.05, 0) is 37.3 Å². The average molecular weight is 401 g/mol. The fourth-order valence-electron chi connectivity index (χ4n) is 3.47. The molecule has 28 heavy (non-hydrogen) atoms. The number of amides is 1. The first-order valence-electron chi connectivity index (χ1n) is 9.60. The summed E-state index contributed by atoms with van der Waals surface area (Å²) in [4.78, 5) is 24.2. The molecule has 1 N–H and O–H groups in total. The van der Waals surface area contributed by atoms with Crippen LogP contribution in [0.5, 0.6) is 0 Å². The van der Waals surface area contributed by atoms with Crippen molar-refractivity contribution in [2.45, 2.75) is 32.4 Å². The quantitative estimate of drug-likeness (QED) is 0.584. The molecule has 9 heteroatoms. The van der Waals surface area contributed by atoms with E-state index in [0.29, 0.717) is 24.8 Å². The molecule has 8 nitrogen and oxygen atoms in total. The van der Waals surface area contributed by atoms with E-state index in [0.717, 1.165) is 43.8 Å². The summed E-state index contributed by atoms with van der Waals surface area (Å²) in [6.45, 7) is 3.80. The molecule has 1 fully saturated rings. The minimum atomic E-state index is 0.0154. The van der Waals surface area contributed by atoms with Gasteiger partial charge >= 0.3 is 0 Å². The Morgan fingerprint density at radius 2 is 2.39 bits per heavy atom. The summed E-state index contributed by atoms with van der Waals surface area (Å²) in [7, 11) is 0. The van der Waals surface area contributed by atoms with Crippen LogP contribution in [0.2, 0.25) is 0 Å². The van der Waals surface area contributed by atoms with E-state index in [2.05, 4.69) is 25.3 Å². The third-order valence-corrected chi connectivity index (χ3v) is 5.76. The number of hydrogen-bond acceptors (Lipinski definition) is 7. The van der Waals surface area contributed by atoms with Gasteiger partial charge in [-0.15, -0.1) is 11.3 Å². The van der Waals surface area contributed by atoms with E-state index in [1.807, 2.05) is 28.3 Å². The van der Waals surface area contributed by atoms with E-state index in [9.17, 15) is 4.79 Å². The van der Waals surface area contributed by atoms with Gasteiger partial charge in [0.05, 0.1) is 23.7 Å². The van der Waals surface area contributed by atoms with Crippen LogP contribution in [0.4, 0.5) is 0 Å². The largest absolute Gasteiger partial charge is 0.356 e. The van der Waals surface area contributed by atoms with Gasteiger partial charge in [0.15, 0.2) is 0 Å². The lowest BCUT2D eigenvalue weighted by Gasteiger charge is -2.30. The molecule has 3 aromatic heterocycles. The lowest BCUT2D eigenvalue weighted by molar-refractivity contribution is -0.126. The van der Waals surface area contributed by atoms with Gasteiger partial charge in [-0.25, -0.2) is 4.98 Å². The first-order chi connectivity index (χ1) is 13.8. The highest BCUT2D eigenvalue weighted by atomic mass is 32.1. The Balaban J connectivity index is 1.23. The van der Waals surface area contributed by atoms with Crippen LogP contribution in [0, 0.1) is 5.92 Å². The van der Waals surface area contributed by atoms with E-state index in [4.69, 9.17) is 4.52 Å². The highest BCUT2D eigenvalue weighted by molar-refractivity contribution is 7.13. The lowest BCUT2D eigenvalue weighted by atomic mass is 9.97. The Morgan fingerprint density at radius 3 is 3.21 bits per heavy atom. The van der Waals surface area contributed by atoms with E-state index < -0.39 is 0 Å². The molecule has 0 radical (unpaired) electrons. The number of carbonyl (C=O) groups excluding carboxylic acids is 1. The maximum atomic E-state index is 12.5. The standard InChI is InChI=1S/C19H24N6O2S/c26-19(21-6-3-9-24-10-7-20-14-24)15-4-1-8-25(12-15)13-17-22-18(23-27-17)16-5-2-11-28-16/h2,5,7,10-11,14-15H,1,3-4,6,8-9,12-13H2,(H,21,26). The Morgan fingerprint density at radius 1 is 1.43 bits per heavy atom. The van der Waals surface area contributed by atoms with Crippen LogP contribution < -0.4 is 5.32 Å². The summed E-state index contributed by atoms with van der Waals surface area (Å²) in [5.41, 5.74) is 0. The second-order valence-electron chi connectivity index (χ2n) is 7.01. The van der Waals surface area contributed by atoms with Gasteiger partial charge < -0.3 is 14.4 Å². The number of aryl methyl sites for hydroxylation is 1. The average Bonchev–Trinajstić information content (AvgIpc) is 3.47. The van der Waals surface area contributed by atoms with Crippen LogP contribution in [0.1, 0.15) is 25.2 Å². The normalized spacial score (nSPS) is 17.6. The van der Waals surface area contributed by atoms with E-state index >= 15 is 0 Å². The fourth-order valence-corrected chi connectivity index (χ4v) is 4.12. The summed E-state index contributed by atoms with van der Waals surface area (Å²) >= 11 is 1.59. The number of carbonyl (C=O) groups is 1. The van der Waals surface area contributed by atoms with Crippen molar-refractivity contribution in [3.63, 3.8) is 0 Å². The predicted octanol–water partition coefficient (Wildman–Crippen LogP) is 2.41. The van der Waals surface area contributed by atoms with Crippen molar-refractivity contribution in [2.24, 2.45) is 5.92 Å². The van der Waals surface area contributed by atoms with Crippen molar-refractivity contribution in [3.8, 4) is 10.7 Å². The number of nitrogens with zero attached hydrogens (tertiary/aromatic N) is 5. The molecule has 3 aromatic rings. The number of hydrogen-bond donors (Lipinski definition) is 1. The van der Waals surface area contributed by atoms with Crippen molar-refractivity contribution >= 4 is 17.2 Å². The van der Waals surface area contributed by atoms with Gasteiger partial charge in [-0.3, -0.25) is 9.69 Å². The summed E-state index contributed by atoms with van der Waals surface area (Å²) in [5, 5.41) is 9.13. The minimum Gasteiger partial charge on any atom is -0.356 e. The number of aromatic nitrogens is 4. The summed E-state index contributed by atoms with van der Waals surface area (Å²) < 4.78 is 7.41. The monoisotopic (exact) mass is 400 g/mol. The van der Waals surface area contributed by atoms with Gasteiger partial charge in [-0.2, -0.15) is 4.98 Å². The number of likely N-dealkylation sites (tertiary alicyclic amines) is 1. The molecule has 0 aromatic carbocycles. The van der Waals surface area contributed by atoms with Crippen molar-refractivity contribution < 1.29 is 9.32 Å². The Kier molecular flexibility index (Phi) is 6.13. The van der Waals surface area contributed by atoms with Crippen LogP contribution in [0.3, 0.4) is 0 Å². The Bertz CT molecular complexity index is 861. The SMILES string of the molecule is O=C(NCCCn1ccnc1)C1CCCN(Cc2nc(-c3cccs3)no2)C1. The molecular weight excluding hydrogens is 376 g/mol. The van der Waals surface area contributed by atoms with Gasteiger partial charge in [0, 0.05) is 32.0 Å². The summed E-state index contributed by atoms with van der Waals surface area (Å²) in [6, 6.07) is 3.95. The molecule has 1 aliphatic rings. The van der Waals surface area contributed by atoms with E-state index in [1.165, 1.54) is 0 Å². The maximum absolute atomic E-state index is 12.5. The first kappa shape index (κ1) is 18.8. The molecule has 0 bridgehead atoms. The number of imidazole rings is 1. The van der Waals surface area contributed by atoms with Gasteiger partial charge in [0.25, 0.3) is 0 Å². The summed E-state index contributed by atoms with van der Waals surface area (Å²) in [5.74, 6) is 1.39. The third kappa shape index (κ3) is 4.85. The Labute approximate surface area is 167 Å². The zero-order valence-electron chi connectivity index (χ0n) is 15.7. The van der Waals surface area contributed by atoms with Crippen LogP contribution in [-0.4, -0.2) is 50.1 Å². The highest BCUT2D eigenvalue weighted by Gasteiger charge is 2.26. The third-order valence-electron chi connectivity index (χ3n) is 4.90. The Hall–Kier alpha value is -2.52. The second-order valence-corrected chi connectivity index (χ2v) is 7.96. The molecule has 148 valence electrons. The molecule has 0 saturated carbocycles. The van der Waals surface area contributed by atoms with E-state index in [1.54, 1.807) is 23.9 Å². The number of nitrogens with one attached hydrogen (secondary N) is 1. The van der Waals surface area contributed by atoms with E-state index in [-0.39, 0.29) is 11.8 Å². The molecule has 1 atom stereocenters. The summed E-state index contributed by atoms with van der Waals surface area (Å²) in [6.07, 6.45) is 8.31. The first-order valence-corrected chi connectivity index (χ1v) is 10.5. The molecule has 0 spiro atoms. The molecule has 1 unspecified atom stereocenters. The van der Waals surface area contributed by atoms with Gasteiger partial charge in [0.2, 0.25) is 17.6 Å². The topological polar surface area (TPSA) is 89.1 Å². The maximum Gasteiger partial charge on any atom is 0.241 e. The molecule has 1 amide bonds. The highest BCUT2D eigenvalue weighted by Crippen LogP contribution is 2.23. The van der Waals surface area contributed by atoms with Crippen LogP contribution in [-0.2, 0) is 17.9 Å². The molecule has 4 rings (SSSR count). The molecule has 0 aliphatic carbocycles. The number of rotatable bonds is 8. The van der Waals surface area contributed by atoms with Crippen molar-refractivity contribution in [1.29, 1.82) is 0 Å². The van der Waals surface area contributed by atoms with Crippen molar-refractivity contribution in [2.75, 3.05) is 19.6 Å². The second kappa shape index (κ2) is 9.11.